The summed E-state index contributed by atoms with van der Waals surface area (Å²) in [6.45, 7) is 3.04. The van der Waals surface area contributed by atoms with Crippen LogP contribution in [0.3, 0.4) is 0 Å². The van der Waals surface area contributed by atoms with Gasteiger partial charge in [0.25, 0.3) is 0 Å². The molecule has 0 unspecified atom stereocenters. The van der Waals surface area contributed by atoms with Crippen molar-refractivity contribution in [2.24, 2.45) is 0 Å². The lowest BCUT2D eigenvalue weighted by Gasteiger charge is -2.14. The van der Waals surface area contributed by atoms with Crippen molar-refractivity contribution in [2.75, 3.05) is 40.6 Å². The lowest BCUT2D eigenvalue weighted by atomic mass is 10.2. The first-order chi connectivity index (χ1) is 9.69. The van der Waals surface area contributed by atoms with Crippen LogP contribution in [0.1, 0.15) is 12.0 Å². The molecule has 4 nitrogen and oxygen atoms in total. The summed E-state index contributed by atoms with van der Waals surface area (Å²) in [6.07, 6.45) is 0.793. The van der Waals surface area contributed by atoms with Crippen LogP contribution < -0.4 is 10.1 Å². The molecule has 20 heavy (non-hydrogen) atoms. The molecular weight excluding hydrogens is 301 g/mol. The third kappa shape index (κ3) is 6.29. The molecule has 0 aromatic heterocycles. The van der Waals surface area contributed by atoms with Crippen molar-refractivity contribution in [3.05, 3.63) is 27.7 Å². The first kappa shape index (κ1) is 17.5. The van der Waals surface area contributed by atoms with Crippen LogP contribution in [0, 0.1) is 0 Å². The molecule has 1 aromatic rings. The van der Waals surface area contributed by atoms with Crippen LogP contribution in [-0.4, -0.2) is 40.6 Å². The average molecular weight is 322 g/mol. The Labute approximate surface area is 130 Å². The first-order valence-electron chi connectivity index (χ1n) is 6.51. The van der Waals surface area contributed by atoms with Crippen LogP contribution in [0.2, 0.25) is 10.0 Å². The molecule has 0 spiro atoms. The number of benzene rings is 1. The third-order valence-electron chi connectivity index (χ3n) is 2.56. The Bertz CT molecular complexity index is 402. The van der Waals surface area contributed by atoms with Gasteiger partial charge in [0.15, 0.2) is 0 Å². The Balaban J connectivity index is 2.42. The minimum atomic E-state index is 0.531. The van der Waals surface area contributed by atoms with Crippen molar-refractivity contribution in [2.45, 2.75) is 13.0 Å². The molecule has 0 fully saturated rings. The molecule has 0 amide bonds. The van der Waals surface area contributed by atoms with E-state index < -0.39 is 0 Å². The monoisotopic (exact) mass is 321 g/mol. The van der Waals surface area contributed by atoms with E-state index in [2.05, 4.69) is 5.32 Å². The molecule has 6 heteroatoms. The second-order valence-corrected chi connectivity index (χ2v) is 5.06. The highest BCUT2D eigenvalue weighted by Gasteiger charge is 2.10. The van der Waals surface area contributed by atoms with Gasteiger partial charge in [-0.3, -0.25) is 0 Å². The molecule has 0 heterocycles. The number of methoxy groups -OCH3 is 1. The first-order valence-corrected chi connectivity index (χ1v) is 7.26. The van der Waals surface area contributed by atoms with Gasteiger partial charge in [-0.25, -0.2) is 0 Å². The quantitative estimate of drug-likeness (QED) is 0.672. The van der Waals surface area contributed by atoms with E-state index in [1.165, 1.54) is 0 Å². The van der Waals surface area contributed by atoms with Gasteiger partial charge in [0, 0.05) is 37.3 Å². The van der Waals surface area contributed by atoms with Gasteiger partial charge in [0.05, 0.1) is 24.8 Å². The summed E-state index contributed by atoms with van der Waals surface area (Å²) in [5, 5.41) is 4.21. The van der Waals surface area contributed by atoms with Crippen LogP contribution >= 0.6 is 23.2 Å². The third-order valence-corrected chi connectivity index (χ3v) is 3.06. The second-order valence-electron chi connectivity index (χ2n) is 4.21. The van der Waals surface area contributed by atoms with Crippen LogP contribution in [0.25, 0.3) is 0 Å². The van der Waals surface area contributed by atoms with Gasteiger partial charge in [-0.2, -0.15) is 0 Å². The number of hydrogen-bond acceptors (Lipinski definition) is 4. The SMILES string of the molecule is CNCc1cc(Cl)cc(Cl)c1OCCCOCCOC. The van der Waals surface area contributed by atoms with Crippen molar-refractivity contribution < 1.29 is 14.2 Å². The Morgan fingerprint density at radius 2 is 1.90 bits per heavy atom. The minimum Gasteiger partial charge on any atom is -0.492 e. The van der Waals surface area contributed by atoms with Gasteiger partial charge in [-0.1, -0.05) is 23.2 Å². The normalized spacial score (nSPS) is 10.8. The van der Waals surface area contributed by atoms with Gasteiger partial charge >= 0.3 is 0 Å². The van der Waals surface area contributed by atoms with Crippen LogP contribution in [0.4, 0.5) is 0 Å². The molecule has 0 aliphatic rings. The minimum absolute atomic E-state index is 0.531. The van der Waals surface area contributed by atoms with E-state index in [0.717, 1.165) is 12.0 Å². The highest BCUT2D eigenvalue weighted by molar-refractivity contribution is 6.35. The zero-order valence-electron chi connectivity index (χ0n) is 11.9. The topological polar surface area (TPSA) is 39.7 Å². The summed E-state index contributed by atoms with van der Waals surface area (Å²) in [5.74, 6) is 0.683. The zero-order chi connectivity index (χ0) is 14.8. The summed E-state index contributed by atoms with van der Waals surface area (Å²) >= 11 is 12.2. The van der Waals surface area contributed by atoms with E-state index in [4.69, 9.17) is 37.4 Å². The van der Waals surface area contributed by atoms with Crippen molar-refractivity contribution in [3.8, 4) is 5.75 Å². The van der Waals surface area contributed by atoms with Gasteiger partial charge < -0.3 is 19.5 Å². The van der Waals surface area contributed by atoms with Crippen molar-refractivity contribution in [1.29, 1.82) is 0 Å². The predicted molar refractivity (Wildman–Crippen MR) is 82.0 cm³/mol. The number of hydrogen-bond donors (Lipinski definition) is 1. The fraction of sp³-hybridized carbons (Fsp3) is 0.571. The second kappa shape index (κ2) is 10.2. The maximum absolute atomic E-state index is 6.17. The van der Waals surface area contributed by atoms with Gasteiger partial charge in [-0.15, -0.1) is 0 Å². The maximum Gasteiger partial charge on any atom is 0.142 e. The largest absolute Gasteiger partial charge is 0.492 e. The van der Waals surface area contributed by atoms with Crippen LogP contribution in [-0.2, 0) is 16.0 Å². The number of rotatable bonds is 10. The molecule has 1 aromatic carbocycles. The Kier molecular flexibility index (Phi) is 8.98. The molecule has 0 radical (unpaired) electrons. The Hall–Kier alpha value is -0.520. The maximum atomic E-state index is 6.17. The average Bonchev–Trinajstić information content (AvgIpc) is 2.40. The van der Waals surface area contributed by atoms with E-state index in [1.54, 1.807) is 13.2 Å². The van der Waals surface area contributed by atoms with Gasteiger partial charge in [0.2, 0.25) is 0 Å². The zero-order valence-corrected chi connectivity index (χ0v) is 13.4. The van der Waals surface area contributed by atoms with Crippen molar-refractivity contribution >= 4 is 23.2 Å². The number of ether oxygens (including phenoxy) is 3. The van der Waals surface area contributed by atoms with Crippen LogP contribution in [0.15, 0.2) is 12.1 Å². The highest BCUT2D eigenvalue weighted by atomic mass is 35.5. The van der Waals surface area contributed by atoms with E-state index in [0.29, 0.717) is 48.8 Å². The smallest absolute Gasteiger partial charge is 0.142 e. The van der Waals surface area contributed by atoms with Crippen molar-refractivity contribution in [1.82, 2.24) is 5.32 Å². The standard InChI is InChI=1S/C14H21Cl2NO3/c1-17-10-11-8-12(15)9-13(16)14(11)20-5-3-4-19-7-6-18-2/h8-9,17H,3-7,10H2,1-2H3. The van der Waals surface area contributed by atoms with E-state index in [-0.39, 0.29) is 0 Å². The lowest BCUT2D eigenvalue weighted by molar-refractivity contribution is 0.0644. The summed E-state index contributed by atoms with van der Waals surface area (Å²) in [7, 11) is 3.51. The lowest BCUT2D eigenvalue weighted by Crippen LogP contribution is -2.10. The van der Waals surface area contributed by atoms with Crippen molar-refractivity contribution in [3.63, 3.8) is 0 Å². The van der Waals surface area contributed by atoms with E-state index in [9.17, 15) is 0 Å². The molecular formula is C14H21Cl2NO3. The Morgan fingerprint density at radius 1 is 1.10 bits per heavy atom. The Morgan fingerprint density at radius 3 is 2.60 bits per heavy atom. The van der Waals surface area contributed by atoms with E-state index in [1.807, 2.05) is 13.1 Å². The summed E-state index contributed by atoms with van der Waals surface area (Å²) in [6, 6.07) is 3.54. The molecule has 0 bridgehead atoms. The fourth-order valence-electron chi connectivity index (χ4n) is 1.68. The molecule has 0 atom stereocenters. The van der Waals surface area contributed by atoms with Crippen LogP contribution in [0.5, 0.6) is 5.75 Å². The molecule has 1 N–H and O–H groups in total. The number of halogens is 2. The molecule has 0 aliphatic heterocycles. The van der Waals surface area contributed by atoms with Gasteiger partial charge in [0.1, 0.15) is 5.75 Å². The number of nitrogens with one attached hydrogen (secondary N) is 1. The van der Waals surface area contributed by atoms with Gasteiger partial charge in [-0.05, 0) is 19.2 Å². The molecule has 0 saturated heterocycles. The van der Waals surface area contributed by atoms with E-state index >= 15 is 0 Å². The predicted octanol–water partition coefficient (Wildman–Crippen LogP) is 3.14. The molecule has 1 rings (SSSR count). The summed E-state index contributed by atoms with van der Waals surface area (Å²) in [4.78, 5) is 0. The fourth-order valence-corrected chi connectivity index (χ4v) is 2.27. The highest BCUT2D eigenvalue weighted by Crippen LogP contribution is 2.32. The molecule has 114 valence electrons. The molecule has 0 aliphatic carbocycles. The molecule has 0 saturated carbocycles. The summed E-state index contributed by atoms with van der Waals surface area (Å²) in [5.41, 5.74) is 0.949. The summed E-state index contributed by atoms with van der Waals surface area (Å²) < 4.78 is 16.0.